The first kappa shape index (κ1) is 24.6. The van der Waals surface area contributed by atoms with Crippen molar-refractivity contribution in [3.8, 4) is 44.8 Å². The predicted molar refractivity (Wildman–Crippen MR) is 185 cm³/mol. The van der Waals surface area contributed by atoms with Gasteiger partial charge in [0.25, 0.3) is 0 Å². The SMILES string of the molecule is c1cc(-c2ccccc2-c2cccc3[nH]c4ccccc4c23)nc(-c2ccccc2-c2cccc3[nH]c4ccccc4c23)c1. The number of benzene rings is 6. The Morgan fingerprint density at radius 3 is 1.16 bits per heavy atom. The van der Waals surface area contributed by atoms with E-state index in [0.717, 1.165) is 44.6 Å². The molecule has 206 valence electrons. The Kier molecular flexibility index (Phi) is 5.50. The number of hydrogen-bond donors (Lipinski definition) is 2. The molecule has 2 N–H and O–H groups in total. The lowest BCUT2D eigenvalue weighted by Crippen LogP contribution is -1.93. The van der Waals surface area contributed by atoms with Crippen molar-refractivity contribution >= 4 is 43.6 Å². The van der Waals surface area contributed by atoms with Crippen LogP contribution in [0.3, 0.4) is 0 Å². The van der Waals surface area contributed by atoms with E-state index in [9.17, 15) is 0 Å². The van der Waals surface area contributed by atoms with Gasteiger partial charge in [0.05, 0.1) is 11.4 Å². The van der Waals surface area contributed by atoms with E-state index >= 15 is 0 Å². The van der Waals surface area contributed by atoms with Gasteiger partial charge in [0.2, 0.25) is 0 Å². The van der Waals surface area contributed by atoms with Crippen LogP contribution in [0.5, 0.6) is 0 Å². The van der Waals surface area contributed by atoms with Gasteiger partial charge in [0.1, 0.15) is 0 Å². The molecule has 0 spiro atoms. The molecule has 0 saturated carbocycles. The quantitative estimate of drug-likeness (QED) is 0.221. The summed E-state index contributed by atoms with van der Waals surface area (Å²) in [4.78, 5) is 12.5. The van der Waals surface area contributed by atoms with E-state index in [1.54, 1.807) is 0 Å². The average molecular weight is 562 g/mol. The molecule has 0 aliphatic carbocycles. The van der Waals surface area contributed by atoms with E-state index < -0.39 is 0 Å². The second kappa shape index (κ2) is 9.82. The topological polar surface area (TPSA) is 44.5 Å². The lowest BCUT2D eigenvalue weighted by Gasteiger charge is -2.14. The maximum absolute atomic E-state index is 5.33. The predicted octanol–water partition coefficient (Wildman–Crippen LogP) is 11.0. The maximum atomic E-state index is 5.33. The third kappa shape index (κ3) is 3.80. The summed E-state index contributed by atoms with van der Waals surface area (Å²) >= 11 is 0. The molecule has 9 aromatic rings. The van der Waals surface area contributed by atoms with Gasteiger partial charge in [-0.05, 0) is 58.7 Å². The van der Waals surface area contributed by atoms with Gasteiger partial charge >= 0.3 is 0 Å². The number of fused-ring (bicyclic) bond motifs is 6. The van der Waals surface area contributed by atoms with Crippen LogP contribution in [-0.2, 0) is 0 Å². The van der Waals surface area contributed by atoms with Crippen molar-refractivity contribution in [1.82, 2.24) is 15.0 Å². The van der Waals surface area contributed by atoms with Gasteiger partial charge in [-0.15, -0.1) is 0 Å². The third-order valence-electron chi connectivity index (χ3n) is 8.80. The average Bonchev–Trinajstić information content (AvgIpc) is 3.67. The molecule has 0 fully saturated rings. The Labute approximate surface area is 254 Å². The number of aromatic amines is 2. The van der Waals surface area contributed by atoms with Crippen molar-refractivity contribution in [3.05, 3.63) is 152 Å². The molecule has 6 aromatic carbocycles. The van der Waals surface area contributed by atoms with Crippen molar-refractivity contribution in [2.45, 2.75) is 0 Å². The van der Waals surface area contributed by atoms with Gasteiger partial charge in [0.15, 0.2) is 0 Å². The Morgan fingerprint density at radius 2 is 0.659 bits per heavy atom. The van der Waals surface area contributed by atoms with Gasteiger partial charge < -0.3 is 9.97 Å². The number of rotatable bonds is 4. The third-order valence-corrected chi connectivity index (χ3v) is 8.80. The highest BCUT2D eigenvalue weighted by Crippen LogP contribution is 2.41. The smallest absolute Gasteiger partial charge is 0.0715 e. The summed E-state index contributed by atoms with van der Waals surface area (Å²) in [5.41, 5.74) is 13.5. The zero-order chi connectivity index (χ0) is 29.0. The van der Waals surface area contributed by atoms with Crippen molar-refractivity contribution < 1.29 is 0 Å². The summed E-state index contributed by atoms with van der Waals surface area (Å²) < 4.78 is 0. The van der Waals surface area contributed by atoms with E-state index in [1.807, 2.05) is 0 Å². The number of hydrogen-bond acceptors (Lipinski definition) is 1. The van der Waals surface area contributed by atoms with E-state index in [2.05, 4.69) is 162 Å². The van der Waals surface area contributed by atoms with Crippen molar-refractivity contribution in [3.63, 3.8) is 0 Å². The van der Waals surface area contributed by atoms with E-state index in [0.29, 0.717) is 0 Å². The van der Waals surface area contributed by atoms with Crippen LogP contribution in [-0.4, -0.2) is 15.0 Å². The summed E-state index contributed by atoms with van der Waals surface area (Å²) in [6, 6.07) is 53.7. The van der Waals surface area contributed by atoms with Crippen LogP contribution in [0.25, 0.3) is 88.4 Å². The van der Waals surface area contributed by atoms with Crippen molar-refractivity contribution in [2.75, 3.05) is 0 Å². The normalized spacial score (nSPS) is 11.6. The molecule has 3 aromatic heterocycles. The van der Waals surface area contributed by atoms with Crippen LogP contribution >= 0.6 is 0 Å². The summed E-state index contributed by atoms with van der Waals surface area (Å²) in [5.74, 6) is 0. The molecule has 0 radical (unpaired) electrons. The zero-order valence-corrected chi connectivity index (χ0v) is 23.9. The molecule has 0 unspecified atom stereocenters. The highest BCUT2D eigenvalue weighted by molar-refractivity contribution is 6.16. The second-order valence-corrected chi connectivity index (χ2v) is 11.3. The van der Waals surface area contributed by atoms with Crippen molar-refractivity contribution in [1.29, 1.82) is 0 Å². The largest absolute Gasteiger partial charge is 0.354 e. The minimum atomic E-state index is 0.954. The molecule has 44 heavy (non-hydrogen) atoms. The summed E-state index contributed by atoms with van der Waals surface area (Å²) in [6.07, 6.45) is 0. The van der Waals surface area contributed by atoms with Crippen LogP contribution in [0.15, 0.2) is 152 Å². The summed E-state index contributed by atoms with van der Waals surface area (Å²) in [7, 11) is 0. The molecular weight excluding hydrogens is 534 g/mol. The number of H-pyrrole nitrogens is 2. The second-order valence-electron chi connectivity index (χ2n) is 11.3. The Bertz CT molecular complexity index is 2340. The molecule has 0 bridgehead atoms. The minimum absolute atomic E-state index is 0.954. The molecule has 0 saturated heterocycles. The summed E-state index contributed by atoms with van der Waals surface area (Å²) in [6.45, 7) is 0. The Morgan fingerprint density at radius 1 is 0.295 bits per heavy atom. The molecule has 3 nitrogen and oxygen atoms in total. The minimum Gasteiger partial charge on any atom is -0.354 e. The standard InChI is InChI=1S/C41H27N3/c1-3-14-28(26(12-1)30-18-9-24-38-40(30)32-16-5-7-20-36(32)43-38)34-22-11-23-35(42-34)29-15-4-2-13-27(29)31-19-10-25-39-41(31)33-17-6-8-21-37(33)44-39/h1-25,43-44H. The molecular formula is C41H27N3. The Hall–Kier alpha value is -5.93. The number of nitrogens with zero attached hydrogens (tertiary/aromatic N) is 1. The first-order valence-electron chi connectivity index (χ1n) is 15.0. The molecule has 9 rings (SSSR count). The van der Waals surface area contributed by atoms with Gasteiger partial charge in [-0.1, -0.05) is 115 Å². The van der Waals surface area contributed by atoms with Crippen LogP contribution in [0.2, 0.25) is 0 Å². The number of para-hydroxylation sites is 2. The van der Waals surface area contributed by atoms with Crippen LogP contribution in [0.1, 0.15) is 0 Å². The lowest BCUT2D eigenvalue weighted by atomic mass is 9.92. The van der Waals surface area contributed by atoms with E-state index in [4.69, 9.17) is 4.98 Å². The Balaban J connectivity index is 1.22. The van der Waals surface area contributed by atoms with Gasteiger partial charge in [-0.25, -0.2) is 4.98 Å². The highest BCUT2D eigenvalue weighted by Gasteiger charge is 2.17. The first-order valence-corrected chi connectivity index (χ1v) is 15.0. The van der Waals surface area contributed by atoms with E-state index in [-0.39, 0.29) is 0 Å². The maximum Gasteiger partial charge on any atom is 0.0715 e. The molecule has 3 heterocycles. The fraction of sp³-hybridized carbons (Fsp3) is 0. The van der Waals surface area contributed by atoms with Gasteiger partial charge in [-0.2, -0.15) is 0 Å². The van der Waals surface area contributed by atoms with Gasteiger partial charge in [0, 0.05) is 54.7 Å². The number of nitrogens with one attached hydrogen (secondary N) is 2. The number of pyridine rings is 1. The fourth-order valence-electron chi connectivity index (χ4n) is 6.87. The molecule has 3 heteroatoms. The molecule has 0 aliphatic rings. The summed E-state index contributed by atoms with van der Waals surface area (Å²) in [5, 5.41) is 4.94. The molecule has 0 aliphatic heterocycles. The van der Waals surface area contributed by atoms with Crippen LogP contribution in [0, 0.1) is 0 Å². The highest BCUT2D eigenvalue weighted by atomic mass is 14.7. The zero-order valence-electron chi connectivity index (χ0n) is 23.9. The molecule has 0 amide bonds. The monoisotopic (exact) mass is 561 g/mol. The van der Waals surface area contributed by atoms with Crippen molar-refractivity contribution in [2.24, 2.45) is 0 Å². The lowest BCUT2D eigenvalue weighted by molar-refractivity contribution is 1.32. The van der Waals surface area contributed by atoms with E-state index in [1.165, 1.54) is 43.8 Å². The molecule has 0 atom stereocenters. The van der Waals surface area contributed by atoms with Crippen LogP contribution < -0.4 is 0 Å². The first-order chi connectivity index (χ1) is 21.8. The van der Waals surface area contributed by atoms with Gasteiger partial charge in [-0.3, -0.25) is 0 Å². The van der Waals surface area contributed by atoms with Crippen LogP contribution in [0.4, 0.5) is 0 Å². The fourth-order valence-corrected chi connectivity index (χ4v) is 6.87. The number of aromatic nitrogens is 3.